The van der Waals surface area contributed by atoms with Crippen molar-refractivity contribution in [2.24, 2.45) is 0 Å². The predicted molar refractivity (Wildman–Crippen MR) is 114 cm³/mol. The number of anilines is 1. The summed E-state index contributed by atoms with van der Waals surface area (Å²) in [4.78, 5) is 12.6. The van der Waals surface area contributed by atoms with Crippen LogP contribution in [0.25, 0.3) is 0 Å². The Morgan fingerprint density at radius 1 is 1.20 bits per heavy atom. The van der Waals surface area contributed by atoms with Gasteiger partial charge in [-0.25, -0.2) is 16.8 Å². The summed E-state index contributed by atoms with van der Waals surface area (Å²) in [7, 11) is -7.33. The summed E-state index contributed by atoms with van der Waals surface area (Å²) < 4.78 is 55.7. The molecule has 2 aromatic carbocycles. The number of halogens is 1. The maximum Gasteiger partial charge on any atom is 0.263 e. The molecule has 0 aliphatic carbocycles. The lowest BCUT2D eigenvalue weighted by molar-refractivity contribution is -0.127. The molecule has 0 saturated heterocycles. The molecule has 162 valence electrons. The fraction of sp³-hybridized carbons (Fsp3) is 0.316. The molecule has 1 aliphatic heterocycles. The van der Waals surface area contributed by atoms with Gasteiger partial charge in [-0.3, -0.25) is 9.10 Å². The lowest BCUT2D eigenvalue weighted by Crippen LogP contribution is -2.50. The topological polar surface area (TPSA) is 110 Å². The van der Waals surface area contributed by atoms with Gasteiger partial charge in [0.25, 0.3) is 5.91 Å². The van der Waals surface area contributed by atoms with E-state index in [4.69, 9.17) is 16.3 Å². The van der Waals surface area contributed by atoms with E-state index < -0.39 is 31.9 Å². The Labute approximate surface area is 180 Å². The molecular formula is C19H21ClN2O6S2. The number of ether oxygens (including phenoxy) is 1. The number of hydrogen-bond donors (Lipinski definition) is 1. The molecule has 1 N–H and O–H groups in total. The standard InChI is InChI=1S/C19H21ClN2O6S2/c1-3-30(26,27)15-7-8-17-16(10-15)22(29(2,24)25)12-18(28-17)19(23)21-11-13-5-4-6-14(20)9-13/h4-10,18H,3,11-12H2,1-2H3,(H,21,23). The first-order valence-electron chi connectivity index (χ1n) is 9.04. The molecule has 1 amide bonds. The smallest absolute Gasteiger partial charge is 0.263 e. The number of sulfonamides is 1. The number of carbonyl (C=O) groups is 1. The zero-order chi connectivity index (χ0) is 22.1. The third-order valence-electron chi connectivity index (χ3n) is 4.59. The van der Waals surface area contributed by atoms with Crippen LogP contribution < -0.4 is 14.4 Å². The maximum absolute atomic E-state index is 12.6. The Kier molecular flexibility index (Phi) is 6.30. The highest BCUT2D eigenvalue weighted by Gasteiger charge is 2.35. The van der Waals surface area contributed by atoms with E-state index in [-0.39, 0.29) is 35.2 Å². The van der Waals surface area contributed by atoms with Crippen LogP contribution in [0, 0.1) is 0 Å². The predicted octanol–water partition coefficient (Wildman–Crippen LogP) is 1.98. The van der Waals surface area contributed by atoms with E-state index in [2.05, 4.69) is 5.32 Å². The van der Waals surface area contributed by atoms with E-state index in [1.807, 2.05) is 0 Å². The van der Waals surface area contributed by atoms with Crippen molar-refractivity contribution in [3.63, 3.8) is 0 Å². The highest BCUT2D eigenvalue weighted by molar-refractivity contribution is 7.92. The number of benzene rings is 2. The van der Waals surface area contributed by atoms with Crippen molar-refractivity contribution in [3.8, 4) is 5.75 Å². The molecule has 1 atom stereocenters. The number of sulfone groups is 1. The number of nitrogens with zero attached hydrogens (tertiary/aromatic N) is 1. The zero-order valence-corrected chi connectivity index (χ0v) is 18.7. The van der Waals surface area contributed by atoms with Gasteiger partial charge in [-0.2, -0.15) is 0 Å². The monoisotopic (exact) mass is 472 g/mol. The average molecular weight is 473 g/mol. The summed E-state index contributed by atoms with van der Waals surface area (Å²) in [6.07, 6.45) is -0.107. The summed E-state index contributed by atoms with van der Waals surface area (Å²) in [5.74, 6) is -0.510. The van der Waals surface area contributed by atoms with E-state index in [1.54, 1.807) is 24.3 Å². The van der Waals surface area contributed by atoms with Crippen LogP contribution in [0.4, 0.5) is 5.69 Å². The Balaban J connectivity index is 1.86. The van der Waals surface area contributed by atoms with Gasteiger partial charge in [-0.15, -0.1) is 0 Å². The van der Waals surface area contributed by atoms with Gasteiger partial charge in [0.05, 0.1) is 29.1 Å². The summed E-state index contributed by atoms with van der Waals surface area (Å²) >= 11 is 5.94. The van der Waals surface area contributed by atoms with Crippen LogP contribution in [-0.2, 0) is 31.2 Å². The van der Waals surface area contributed by atoms with E-state index in [0.29, 0.717) is 5.02 Å². The van der Waals surface area contributed by atoms with E-state index in [1.165, 1.54) is 25.1 Å². The Morgan fingerprint density at radius 3 is 2.57 bits per heavy atom. The highest BCUT2D eigenvalue weighted by Crippen LogP contribution is 2.37. The SMILES string of the molecule is CCS(=O)(=O)c1ccc2c(c1)N(S(C)(=O)=O)CC(C(=O)NCc1cccc(Cl)c1)O2. The minimum Gasteiger partial charge on any atom is -0.476 e. The first-order valence-corrected chi connectivity index (χ1v) is 12.9. The summed E-state index contributed by atoms with van der Waals surface area (Å²) in [5, 5.41) is 3.24. The van der Waals surface area contributed by atoms with Crippen molar-refractivity contribution in [3.05, 3.63) is 53.1 Å². The van der Waals surface area contributed by atoms with Gasteiger partial charge in [0.1, 0.15) is 5.75 Å². The number of nitrogens with one attached hydrogen (secondary N) is 1. The van der Waals surface area contributed by atoms with Crippen molar-refractivity contribution >= 4 is 43.1 Å². The molecule has 0 bridgehead atoms. The molecule has 0 aromatic heterocycles. The highest BCUT2D eigenvalue weighted by atomic mass is 35.5. The van der Waals surface area contributed by atoms with Crippen molar-refractivity contribution < 1.29 is 26.4 Å². The Morgan fingerprint density at radius 2 is 1.93 bits per heavy atom. The van der Waals surface area contributed by atoms with Gasteiger partial charge in [0.15, 0.2) is 15.9 Å². The van der Waals surface area contributed by atoms with Crippen LogP contribution in [0.5, 0.6) is 5.75 Å². The molecule has 1 aliphatic rings. The number of hydrogen-bond acceptors (Lipinski definition) is 6. The molecule has 3 rings (SSSR count). The molecule has 30 heavy (non-hydrogen) atoms. The largest absolute Gasteiger partial charge is 0.476 e. The Hall–Kier alpha value is -2.30. The van der Waals surface area contributed by atoms with Gasteiger partial charge in [0, 0.05) is 11.6 Å². The lowest BCUT2D eigenvalue weighted by Gasteiger charge is -2.34. The van der Waals surface area contributed by atoms with Crippen molar-refractivity contribution in [1.82, 2.24) is 5.32 Å². The summed E-state index contributed by atoms with van der Waals surface area (Å²) in [6, 6.07) is 10.9. The fourth-order valence-electron chi connectivity index (χ4n) is 2.99. The molecule has 2 aromatic rings. The molecule has 0 radical (unpaired) electrons. The molecule has 0 spiro atoms. The molecule has 0 saturated carbocycles. The van der Waals surface area contributed by atoms with Gasteiger partial charge in [-0.05, 0) is 35.9 Å². The minimum absolute atomic E-state index is 0.00939. The molecule has 1 unspecified atom stereocenters. The van der Waals surface area contributed by atoms with Crippen LogP contribution in [0.2, 0.25) is 5.02 Å². The van der Waals surface area contributed by atoms with Gasteiger partial charge < -0.3 is 10.1 Å². The van der Waals surface area contributed by atoms with Crippen LogP contribution >= 0.6 is 11.6 Å². The summed E-state index contributed by atoms with van der Waals surface area (Å²) in [6.45, 7) is 1.42. The van der Waals surface area contributed by atoms with E-state index >= 15 is 0 Å². The third kappa shape index (κ3) is 4.88. The Bertz CT molecular complexity index is 1180. The van der Waals surface area contributed by atoms with Crippen molar-refractivity contribution in [2.45, 2.75) is 24.5 Å². The fourth-order valence-corrected chi connectivity index (χ4v) is 5.01. The van der Waals surface area contributed by atoms with E-state index in [9.17, 15) is 21.6 Å². The minimum atomic E-state index is -3.79. The number of fused-ring (bicyclic) bond motifs is 1. The number of rotatable bonds is 6. The average Bonchev–Trinajstić information content (AvgIpc) is 2.70. The van der Waals surface area contributed by atoms with Gasteiger partial charge in [-0.1, -0.05) is 30.7 Å². The zero-order valence-electron chi connectivity index (χ0n) is 16.3. The molecule has 11 heteroatoms. The quantitative estimate of drug-likeness (QED) is 0.688. The van der Waals surface area contributed by atoms with E-state index in [0.717, 1.165) is 16.1 Å². The molecule has 8 nitrogen and oxygen atoms in total. The van der Waals surface area contributed by atoms with Gasteiger partial charge >= 0.3 is 0 Å². The first kappa shape index (κ1) is 22.4. The maximum atomic E-state index is 12.6. The number of carbonyl (C=O) groups excluding carboxylic acids is 1. The third-order valence-corrected chi connectivity index (χ3v) is 7.70. The normalized spacial score (nSPS) is 16.5. The first-order chi connectivity index (χ1) is 14.0. The lowest BCUT2D eigenvalue weighted by atomic mass is 10.2. The second kappa shape index (κ2) is 8.44. The van der Waals surface area contributed by atoms with Crippen molar-refractivity contribution in [1.29, 1.82) is 0 Å². The molecule has 1 heterocycles. The van der Waals surface area contributed by atoms with Crippen molar-refractivity contribution in [2.75, 3.05) is 22.9 Å². The van der Waals surface area contributed by atoms with Crippen LogP contribution in [0.3, 0.4) is 0 Å². The number of amides is 1. The van der Waals surface area contributed by atoms with Crippen LogP contribution in [0.15, 0.2) is 47.4 Å². The second-order valence-electron chi connectivity index (χ2n) is 6.78. The van der Waals surface area contributed by atoms with Crippen LogP contribution in [0.1, 0.15) is 12.5 Å². The molecular weight excluding hydrogens is 452 g/mol. The summed E-state index contributed by atoms with van der Waals surface area (Å²) in [5.41, 5.74) is 0.868. The molecule has 0 fully saturated rings. The second-order valence-corrected chi connectivity index (χ2v) is 11.4. The van der Waals surface area contributed by atoms with Gasteiger partial charge in [0.2, 0.25) is 10.0 Å². The van der Waals surface area contributed by atoms with Crippen LogP contribution in [-0.4, -0.2) is 47.4 Å².